The van der Waals surface area contributed by atoms with E-state index in [1.165, 1.54) is 19.4 Å². The number of hydrogen-bond acceptors (Lipinski definition) is 4. The zero-order chi connectivity index (χ0) is 10.5. The topological polar surface area (TPSA) is 50.1 Å². The standard InChI is InChI=1S/C11H19N3O/c1-9-5-11(14-15-9)8-13-7-10-3-2-4-12-6-10/h5,10,12-13H,2-4,6-8H2,1H3. The van der Waals surface area contributed by atoms with Crippen LogP contribution in [-0.2, 0) is 6.54 Å². The van der Waals surface area contributed by atoms with Crippen LogP contribution in [0, 0.1) is 12.8 Å². The highest BCUT2D eigenvalue weighted by atomic mass is 16.5. The zero-order valence-electron chi connectivity index (χ0n) is 9.25. The van der Waals surface area contributed by atoms with Crippen molar-refractivity contribution in [1.29, 1.82) is 0 Å². The molecule has 2 rings (SSSR count). The van der Waals surface area contributed by atoms with Crippen LogP contribution >= 0.6 is 0 Å². The molecule has 1 aliphatic rings. The molecule has 15 heavy (non-hydrogen) atoms. The van der Waals surface area contributed by atoms with Crippen molar-refractivity contribution in [2.45, 2.75) is 26.3 Å². The quantitative estimate of drug-likeness (QED) is 0.779. The molecule has 0 amide bonds. The number of nitrogens with one attached hydrogen (secondary N) is 2. The van der Waals surface area contributed by atoms with Crippen LogP contribution in [0.25, 0.3) is 0 Å². The lowest BCUT2D eigenvalue weighted by atomic mass is 10.00. The first-order valence-corrected chi connectivity index (χ1v) is 5.68. The molecule has 0 aliphatic carbocycles. The van der Waals surface area contributed by atoms with E-state index in [1.807, 2.05) is 13.0 Å². The van der Waals surface area contributed by atoms with Gasteiger partial charge in [0.2, 0.25) is 0 Å². The Morgan fingerprint density at radius 2 is 2.60 bits per heavy atom. The van der Waals surface area contributed by atoms with Crippen molar-refractivity contribution < 1.29 is 4.52 Å². The number of piperidine rings is 1. The van der Waals surface area contributed by atoms with E-state index >= 15 is 0 Å². The van der Waals surface area contributed by atoms with Gasteiger partial charge in [0.15, 0.2) is 0 Å². The van der Waals surface area contributed by atoms with Crippen molar-refractivity contribution in [1.82, 2.24) is 15.8 Å². The molecule has 1 fully saturated rings. The molecule has 0 spiro atoms. The summed E-state index contributed by atoms with van der Waals surface area (Å²) in [7, 11) is 0. The third kappa shape index (κ3) is 3.32. The van der Waals surface area contributed by atoms with Gasteiger partial charge in [-0.2, -0.15) is 0 Å². The van der Waals surface area contributed by atoms with Gasteiger partial charge in [0, 0.05) is 12.6 Å². The van der Waals surface area contributed by atoms with Gasteiger partial charge in [-0.1, -0.05) is 5.16 Å². The number of aromatic nitrogens is 1. The van der Waals surface area contributed by atoms with Crippen molar-refractivity contribution in [3.05, 3.63) is 17.5 Å². The van der Waals surface area contributed by atoms with Crippen LogP contribution in [0.5, 0.6) is 0 Å². The van der Waals surface area contributed by atoms with Gasteiger partial charge >= 0.3 is 0 Å². The van der Waals surface area contributed by atoms with Crippen LogP contribution in [0.4, 0.5) is 0 Å². The highest BCUT2D eigenvalue weighted by Crippen LogP contribution is 2.08. The van der Waals surface area contributed by atoms with Crippen molar-refractivity contribution in [3.63, 3.8) is 0 Å². The SMILES string of the molecule is Cc1cc(CNCC2CCCNC2)no1. The van der Waals surface area contributed by atoms with Crippen LogP contribution in [0.15, 0.2) is 10.6 Å². The molecule has 1 aromatic rings. The Labute approximate surface area is 90.4 Å². The molecule has 1 unspecified atom stereocenters. The average molecular weight is 209 g/mol. The number of hydrogen-bond donors (Lipinski definition) is 2. The van der Waals surface area contributed by atoms with Gasteiger partial charge in [-0.15, -0.1) is 0 Å². The van der Waals surface area contributed by atoms with E-state index < -0.39 is 0 Å². The lowest BCUT2D eigenvalue weighted by Gasteiger charge is -2.22. The molecule has 1 atom stereocenters. The molecular formula is C11H19N3O. The summed E-state index contributed by atoms with van der Waals surface area (Å²) in [5, 5.41) is 10.8. The minimum absolute atomic E-state index is 0.770. The Bertz CT molecular complexity index is 292. The van der Waals surface area contributed by atoms with E-state index in [0.29, 0.717) is 0 Å². The molecule has 1 aromatic heterocycles. The van der Waals surface area contributed by atoms with Crippen LogP contribution in [0.3, 0.4) is 0 Å². The largest absolute Gasteiger partial charge is 0.361 e. The molecule has 0 saturated carbocycles. The number of rotatable bonds is 4. The van der Waals surface area contributed by atoms with E-state index in [1.54, 1.807) is 0 Å². The van der Waals surface area contributed by atoms with Crippen molar-refractivity contribution >= 4 is 0 Å². The summed E-state index contributed by atoms with van der Waals surface area (Å²) in [5.41, 5.74) is 0.997. The lowest BCUT2D eigenvalue weighted by Crippen LogP contribution is -2.35. The minimum Gasteiger partial charge on any atom is -0.361 e. The molecular weight excluding hydrogens is 190 g/mol. The third-order valence-electron chi connectivity index (χ3n) is 2.81. The minimum atomic E-state index is 0.770. The molecule has 1 aliphatic heterocycles. The highest BCUT2D eigenvalue weighted by Gasteiger charge is 2.12. The first-order chi connectivity index (χ1) is 7.34. The van der Waals surface area contributed by atoms with Crippen LogP contribution in [0.1, 0.15) is 24.3 Å². The van der Waals surface area contributed by atoms with Crippen molar-refractivity contribution in [3.8, 4) is 0 Å². The second kappa shape index (κ2) is 5.28. The summed E-state index contributed by atoms with van der Waals surface area (Å²) in [4.78, 5) is 0. The number of nitrogens with zero attached hydrogens (tertiary/aromatic N) is 1. The maximum absolute atomic E-state index is 5.00. The fourth-order valence-corrected chi connectivity index (χ4v) is 2.00. The molecule has 4 heteroatoms. The second-order valence-electron chi connectivity index (χ2n) is 4.27. The summed E-state index contributed by atoms with van der Waals surface area (Å²) in [6.07, 6.45) is 2.63. The predicted molar refractivity (Wildman–Crippen MR) is 58.5 cm³/mol. The maximum Gasteiger partial charge on any atom is 0.133 e. The fourth-order valence-electron chi connectivity index (χ4n) is 2.00. The maximum atomic E-state index is 5.00. The molecule has 84 valence electrons. The van der Waals surface area contributed by atoms with Gasteiger partial charge in [-0.25, -0.2) is 0 Å². The Morgan fingerprint density at radius 3 is 3.27 bits per heavy atom. The van der Waals surface area contributed by atoms with Crippen LogP contribution in [0.2, 0.25) is 0 Å². The summed E-state index contributed by atoms with van der Waals surface area (Å²) in [5.74, 6) is 1.65. The molecule has 0 bridgehead atoms. The summed E-state index contributed by atoms with van der Waals surface area (Å²) >= 11 is 0. The number of aryl methyl sites for hydroxylation is 1. The average Bonchev–Trinajstić information content (AvgIpc) is 2.66. The van der Waals surface area contributed by atoms with E-state index in [9.17, 15) is 0 Å². The first-order valence-electron chi connectivity index (χ1n) is 5.68. The monoisotopic (exact) mass is 209 g/mol. The van der Waals surface area contributed by atoms with Gasteiger partial charge in [0.1, 0.15) is 5.76 Å². The van der Waals surface area contributed by atoms with Crippen molar-refractivity contribution in [2.75, 3.05) is 19.6 Å². The third-order valence-corrected chi connectivity index (χ3v) is 2.81. The molecule has 4 nitrogen and oxygen atoms in total. The van der Waals surface area contributed by atoms with Gasteiger partial charge < -0.3 is 15.2 Å². The smallest absolute Gasteiger partial charge is 0.133 e. The molecule has 1 saturated heterocycles. The van der Waals surface area contributed by atoms with Gasteiger partial charge in [-0.05, 0) is 45.3 Å². The molecule has 2 N–H and O–H groups in total. The first kappa shape index (κ1) is 10.6. The molecule has 0 aromatic carbocycles. The molecule has 2 heterocycles. The normalized spacial score (nSPS) is 21.8. The summed E-state index contributed by atoms with van der Waals surface area (Å²) in [6.45, 7) is 6.12. The van der Waals surface area contributed by atoms with Gasteiger partial charge in [0.05, 0.1) is 5.69 Å². The van der Waals surface area contributed by atoms with Gasteiger partial charge in [-0.3, -0.25) is 0 Å². The predicted octanol–water partition coefficient (Wildman–Crippen LogP) is 1.07. The Hall–Kier alpha value is -0.870. The Kier molecular flexibility index (Phi) is 3.75. The van der Waals surface area contributed by atoms with Crippen LogP contribution < -0.4 is 10.6 Å². The fraction of sp³-hybridized carbons (Fsp3) is 0.727. The summed E-state index contributed by atoms with van der Waals surface area (Å²) < 4.78 is 5.00. The van der Waals surface area contributed by atoms with Gasteiger partial charge in [0.25, 0.3) is 0 Å². The lowest BCUT2D eigenvalue weighted by molar-refractivity contribution is 0.354. The second-order valence-corrected chi connectivity index (χ2v) is 4.27. The molecule has 0 radical (unpaired) electrons. The Balaban J connectivity index is 1.65. The van der Waals surface area contributed by atoms with Crippen molar-refractivity contribution in [2.24, 2.45) is 5.92 Å². The summed E-state index contributed by atoms with van der Waals surface area (Å²) in [6, 6.07) is 1.98. The van der Waals surface area contributed by atoms with E-state index in [-0.39, 0.29) is 0 Å². The van der Waals surface area contributed by atoms with E-state index in [4.69, 9.17) is 4.52 Å². The zero-order valence-corrected chi connectivity index (χ0v) is 9.25. The Morgan fingerprint density at radius 1 is 1.67 bits per heavy atom. The van der Waals surface area contributed by atoms with E-state index in [0.717, 1.165) is 37.0 Å². The van der Waals surface area contributed by atoms with E-state index in [2.05, 4.69) is 15.8 Å². The highest BCUT2D eigenvalue weighted by molar-refractivity contribution is 5.02. The van der Waals surface area contributed by atoms with Crippen LogP contribution in [-0.4, -0.2) is 24.8 Å².